The van der Waals surface area contributed by atoms with Crippen LogP contribution < -0.4 is 4.90 Å². The van der Waals surface area contributed by atoms with Crippen molar-refractivity contribution in [3.8, 4) is 11.3 Å². The number of piperazine rings is 1. The van der Waals surface area contributed by atoms with Crippen molar-refractivity contribution in [3.05, 3.63) is 78.0 Å². The minimum atomic E-state index is -5.08. The summed E-state index contributed by atoms with van der Waals surface area (Å²) in [5.41, 5.74) is 4.20. The number of aromatic nitrogens is 4. The number of anilines is 1. The van der Waals surface area contributed by atoms with Gasteiger partial charge in [-0.05, 0) is 29.8 Å². The van der Waals surface area contributed by atoms with E-state index in [2.05, 4.69) is 35.2 Å². The Balaban J connectivity index is 0.000000338. The summed E-state index contributed by atoms with van der Waals surface area (Å²) in [6.45, 7) is 4.71. The minimum Gasteiger partial charge on any atom is -0.475 e. The third-order valence-electron chi connectivity index (χ3n) is 6.06. The number of imidazole rings is 1. The fourth-order valence-corrected chi connectivity index (χ4v) is 4.08. The van der Waals surface area contributed by atoms with Gasteiger partial charge in [-0.1, -0.05) is 23.7 Å². The summed E-state index contributed by atoms with van der Waals surface area (Å²) in [7, 11) is 0. The second kappa shape index (κ2) is 17.5. The zero-order valence-corrected chi connectivity index (χ0v) is 25.7. The highest BCUT2D eigenvalue weighted by atomic mass is 35.5. The summed E-state index contributed by atoms with van der Waals surface area (Å²) in [5.74, 6) is -7.34. The van der Waals surface area contributed by atoms with Gasteiger partial charge in [-0.25, -0.2) is 24.4 Å². The number of pyridine rings is 1. The van der Waals surface area contributed by atoms with Gasteiger partial charge >= 0.3 is 36.4 Å². The van der Waals surface area contributed by atoms with E-state index in [0.29, 0.717) is 0 Å². The number of alkyl halides is 9. The van der Waals surface area contributed by atoms with Gasteiger partial charge in [-0.15, -0.1) is 0 Å². The van der Waals surface area contributed by atoms with Crippen molar-refractivity contribution in [2.45, 2.75) is 25.1 Å². The highest BCUT2D eigenvalue weighted by molar-refractivity contribution is 6.30. The lowest BCUT2D eigenvalue weighted by molar-refractivity contribution is -0.193. The van der Waals surface area contributed by atoms with Crippen molar-refractivity contribution in [2.24, 2.45) is 0 Å². The predicted octanol–water partition coefficient (Wildman–Crippen LogP) is 5.67. The molecule has 0 bridgehead atoms. The van der Waals surface area contributed by atoms with E-state index in [1.165, 1.54) is 5.56 Å². The molecule has 0 radical (unpaired) electrons. The summed E-state index contributed by atoms with van der Waals surface area (Å²) >= 11 is 6.12. The van der Waals surface area contributed by atoms with Crippen LogP contribution in [0.25, 0.3) is 16.9 Å². The molecule has 1 saturated heterocycles. The quantitative estimate of drug-likeness (QED) is 0.221. The summed E-state index contributed by atoms with van der Waals surface area (Å²) in [6.07, 6.45) is -5.90. The molecule has 0 atom stereocenters. The van der Waals surface area contributed by atoms with Crippen LogP contribution in [0.4, 0.5) is 45.3 Å². The number of hydrogen-bond acceptors (Lipinski definition) is 8. The SMILES string of the molecule is Clc1cccc(CN2CCN(c3nccn4c(-c5cccnc5)cnc34)CC2)c1.O=C(O)C(F)(F)F.O=C(O)C(F)(F)F.O=C(O)C(F)(F)F. The second-order valence-corrected chi connectivity index (χ2v) is 10.1. The van der Waals surface area contributed by atoms with E-state index in [0.717, 1.165) is 60.5 Å². The lowest BCUT2D eigenvalue weighted by Crippen LogP contribution is -2.46. The van der Waals surface area contributed by atoms with Gasteiger partial charge in [0.25, 0.3) is 0 Å². The molecular formula is C28H24ClF9N6O6. The number of rotatable bonds is 4. The molecule has 12 nitrogen and oxygen atoms in total. The molecule has 0 amide bonds. The van der Waals surface area contributed by atoms with E-state index < -0.39 is 36.4 Å². The van der Waals surface area contributed by atoms with Gasteiger partial charge in [0, 0.05) is 68.1 Å². The maximum Gasteiger partial charge on any atom is 0.490 e. The van der Waals surface area contributed by atoms with Crippen molar-refractivity contribution in [3.63, 3.8) is 0 Å². The number of carboxylic acid groups (broad SMARTS) is 3. The number of nitrogens with zero attached hydrogens (tertiary/aromatic N) is 6. The Morgan fingerprint density at radius 3 is 1.74 bits per heavy atom. The normalized spacial score (nSPS) is 13.5. The minimum absolute atomic E-state index is 0.792. The Bertz CT molecular complexity index is 1670. The van der Waals surface area contributed by atoms with E-state index in [9.17, 15) is 39.5 Å². The first-order valence-corrected chi connectivity index (χ1v) is 13.8. The highest BCUT2D eigenvalue weighted by Gasteiger charge is 2.39. The lowest BCUT2D eigenvalue weighted by atomic mass is 10.2. The van der Waals surface area contributed by atoms with Crippen LogP contribution in [-0.2, 0) is 20.9 Å². The van der Waals surface area contributed by atoms with E-state index in [4.69, 9.17) is 41.3 Å². The highest BCUT2D eigenvalue weighted by Crippen LogP contribution is 2.26. The van der Waals surface area contributed by atoms with Gasteiger partial charge in [0.1, 0.15) is 0 Å². The largest absolute Gasteiger partial charge is 0.490 e. The standard InChI is InChI=1S/C22H21ClN6.3C2HF3O2/c23-19-5-1-3-17(13-19)16-27-9-11-28(12-10-27)21-22-26-15-20(29(22)8-7-25-21)18-4-2-6-24-14-18;3*3-2(4,5)1(6)7/h1-8,13-15H,9-12,16H2;3*(H,6,7). The Hall–Kier alpha value is -5.18. The molecule has 4 aromatic rings. The Morgan fingerprint density at radius 2 is 1.28 bits per heavy atom. The Kier molecular flexibility index (Phi) is 14.3. The molecule has 50 heavy (non-hydrogen) atoms. The number of halogens is 10. The predicted molar refractivity (Wildman–Crippen MR) is 156 cm³/mol. The van der Waals surface area contributed by atoms with Crippen LogP contribution in [-0.4, -0.2) is 102 Å². The van der Waals surface area contributed by atoms with Crippen LogP contribution in [0.1, 0.15) is 5.56 Å². The summed E-state index contributed by atoms with van der Waals surface area (Å²) in [4.78, 5) is 45.0. The van der Waals surface area contributed by atoms with E-state index in [1.807, 2.05) is 55.1 Å². The van der Waals surface area contributed by atoms with Crippen LogP contribution in [0.3, 0.4) is 0 Å². The molecule has 3 N–H and O–H groups in total. The molecule has 3 aromatic heterocycles. The molecular weight excluding hydrogens is 723 g/mol. The molecule has 1 aliphatic heterocycles. The number of benzene rings is 1. The zero-order chi connectivity index (χ0) is 37.9. The molecule has 1 aromatic carbocycles. The Morgan fingerprint density at radius 1 is 0.740 bits per heavy atom. The molecule has 272 valence electrons. The van der Waals surface area contributed by atoms with E-state index >= 15 is 0 Å². The van der Waals surface area contributed by atoms with Gasteiger partial charge in [-0.2, -0.15) is 39.5 Å². The number of carbonyl (C=O) groups is 3. The first-order chi connectivity index (χ1) is 23.1. The van der Waals surface area contributed by atoms with Gasteiger partial charge in [0.15, 0.2) is 11.5 Å². The maximum absolute atomic E-state index is 10.6. The molecule has 0 saturated carbocycles. The molecule has 4 heterocycles. The lowest BCUT2D eigenvalue weighted by Gasteiger charge is -2.35. The molecule has 0 spiro atoms. The first kappa shape index (κ1) is 41.0. The third kappa shape index (κ3) is 13.0. The first-order valence-electron chi connectivity index (χ1n) is 13.5. The fourth-order valence-electron chi connectivity index (χ4n) is 3.87. The van der Waals surface area contributed by atoms with Crippen LogP contribution >= 0.6 is 11.6 Å². The zero-order valence-electron chi connectivity index (χ0n) is 24.9. The van der Waals surface area contributed by atoms with Gasteiger partial charge in [-0.3, -0.25) is 14.3 Å². The average Bonchev–Trinajstić information content (AvgIpc) is 3.46. The van der Waals surface area contributed by atoms with Crippen molar-refractivity contribution in [2.75, 3.05) is 31.1 Å². The summed E-state index contributed by atoms with van der Waals surface area (Å²) < 4.78 is 97.3. The molecule has 5 rings (SSSR count). The fraction of sp³-hybridized carbons (Fsp3) is 0.286. The van der Waals surface area contributed by atoms with E-state index in [1.54, 1.807) is 6.20 Å². The third-order valence-corrected chi connectivity index (χ3v) is 6.30. The molecule has 1 fully saturated rings. The second-order valence-electron chi connectivity index (χ2n) is 9.63. The van der Waals surface area contributed by atoms with E-state index in [-0.39, 0.29) is 0 Å². The molecule has 0 unspecified atom stereocenters. The van der Waals surface area contributed by atoms with Crippen LogP contribution in [0.15, 0.2) is 67.4 Å². The van der Waals surface area contributed by atoms with Crippen LogP contribution in [0.5, 0.6) is 0 Å². The maximum atomic E-state index is 10.6. The average molecular weight is 747 g/mol. The summed E-state index contributed by atoms with van der Waals surface area (Å²) in [5, 5.41) is 22.2. The number of hydrogen-bond donors (Lipinski definition) is 3. The molecule has 22 heteroatoms. The molecule has 1 aliphatic rings. The van der Waals surface area contributed by atoms with Gasteiger partial charge < -0.3 is 20.2 Å². The van der Waals surface area contributed by atoms with Crippen molar-refractivity contribution < 1.29 is 69.2 Å². The smallest absolute Gasteiger partial charge is 0.475 e. The van der Waals surface area contributed by atoms with Crippen molar-refractivity contribution in [1.82, 2.24) is 24.3 Å². The van der Waals surface area contributed by atoms with Crippen molar-refractivity contribution >= 4 is 41.0 Å². The Labute approximate surface area is 280 Å². The number of aliphatic carboxylic acids is 3. The van der Waals surface area contributed by atoms with Gasteiger partial charge in [0.05, 0.1) is 11.9 Å². The topological polar surface area (TPSA) is 161 Å². The number of carboxylic acids is 3. The number of fused-ring (bicyclic) bond motifs is 1. The van der Waals surface area contributed by atoms with Crippen LogP contribution in [0, 0.1) is 0 Å². The van der Waals surface area contributed by atoms with Gasteiger partial charge in [0.2, 0.25) is 0 Å². The van der Waals surface area contributed by atoms with Crippen molar-refractivity contribution in [1.29, 1.82) is 0 Å². The summed E-state index contributed by atoms with van der Waals surface area (Å²) in [6, 6.07) is 12.1. The van der Waals surface area contributed by atoms with Crippen LogP contribution in [0.2, 0.25) is 5.02 Å². The molecule has 0 aliphatic carbocycles. The monoisotopic (exact) mass is 746 g/mol.